The minimum absolute atomic E-state index is 0.138. The summed E-state index contributed by atoms with van der Waals surface area (Å²) < 4.78 is 6.47. The standard InChI is InChI=1S/C21H25BrN2O2S/c1-16-13-18(22)5-8-20(16)27-15-21(25)23(2)14-17-3-6-19(7-4-17)24-9-11-26-12-10-24/h3-8,13H,9-12,14-15H2,1-2H3. The highest BCUT2D eigenvalue weighted by molar-refractivity contribution is 9.10. The molecule has 1 amide bonds. The normalized spacial score (nSPS) is 14.3. The van der Waals surface area contributed by atoms with Crippen molar-refractivity contribution in [2.75, 3.05) is 44.0 Å². The van der Waals surface area contributed by atoms with Gasteiger partial charge < -0.3 is 14.5 Å². The molecule has 0 aliphatic carbocycles. The zero-order chi connectivity index (χ0) is 19.2. The van der Waals surface area contributed by atoms with E-state index in [0.29, 0.717) is 12.3 Å². The van der Waals surface area contributed by atoms with Gasteiger partial charge in [0.2, 0.25) is 5.91 Å². The van der Waals surface area contributed by atoms with Crippen LogP contribution in [0.15, 0.2) is 51.8 Å². The predicted molar refractivity (Wildman–Crippen MR) is 116 cm³/mol. The summed E-state index contributed by atoms with van der Waals surface area (Å²) in [5.41, 5.74) is 3.55. The molecule has 0 atom stereocenters. The molecule has 27 heavy (non-hydrogen) atoms. The molecule has 2 aromatic rings. The van der Waals surface area contributed by atoms with Crippen molar-refractivity contribution in [1.82, 2.24) is 4.90 Å². The molecular weight excluding hydrogens is 424 g/mol. The van der Waals surface area contributed by atoms with Gasteiger partial charge in [-0.25, -0.2) is 0 Å². The van der Waals surface area contributed by atoms with Crippen LogP contribution in [-0.2, 0) is 16.1 Å². The summed E-state index contributed by atoms with van der Waals surface area (Å²) in [6.45, 7) is 6.14. The molecule has 0 N–H and O–H groups in total. The number of amides is 1. The largest absolute Gasteiger partial charge is 0.378 e. The number of carbonyl (C=O) groups is 1. The van der Waals surface area contributed by atoms with Crippen LogP contribution in [0, 0.1) is 6.92 Å². The van der Waals surface area contributed by atoms with Crippen LogP contribution in [-0.4, -0.2) is 49.9 Å². The van der Waals surface area contributed by atoms with Gasteiger partial charge in [0.05, 0.1) is 19.0 Å². The lowest BCUT2D eigenvalue weighted by molar-refractivity contribution is -0.127. The Labute approximate surface area is 174 Å². The molecule has 2 aromatic carbocycles. The van der Waals surface area contributed by atoms with Crippen molar-refractivity contribution >= 4 is 39.3 Å². The highest BCUT2D eigenvalue weighted by Gasteiger charge is 2.13. The van der Waals surface area contributed by atoms with E-state index in [2.05, 4.69) is 64.2 Å². The molecule has 0 spiro atoms. The fourth-order valence-electron chi connectivity index (χ4n) is 3.02. The number of nitrogens with zero attached hydrogens (tertiary/aromatic N) is 2. The van der Waals surface area contributed by atoms with Crippen molar-refractivity contribution in [1.29, 1.82) is 0 Å². The molecular formula is C21H25BrN2O2S. The van der Waals surface area contributed by atoms with Crippen LogP contribution in [0.3, 0.4) is 0 Å². The first-order valence-corrected chi connectivity index (χ1v) is 10.9. The molecule has 1 aliphatic rings. The van der Waals surface area contributed by atoms with Crippen molar-refractivity contribution in [3.05, 3.63) is 58.1 Å². The molecule has 3 rings (SSSR count). The molecule has 6 heteroatoms. The molecule has 0 aromatic heterocycles. The molecule has 1 heterocycles. The summed E-state index contributed by atoms with van der Waals surface area (Å²) in [7, 11) is 1.87. The topological polar surface area (TPSA) is 32.8 Å². The first-order chi connectivity index (χ1) is 13.0. The second-order valence-corrected chi connectivity index (χ2v) is 8.65. The lowest BCUT2D eigenvalue weighted by Gasteiger charge is -2.29. The number of hydrogen-bond donors (Lipinski definition) is 0. The van der Waals surface area contributed by atoms with Gasteiger partial charge >= 0.3 is 0 Å². The number of morpholine rings is 1. The number of carbonyl (C=O) groups excluding carboxylic acids is 1. The average molecular weight is 449 g/mol. The zero-order valence-electron chi connectivity index (χ0n) is 15.8. The quantitative estimate of drug-likeness (QED) is 0.615. The van der Waals surface area contributed by atoms with E-state index in [1.807, 2.05) is 13.1 Å². The average Bonchev–Trinajstić information content (AvgIpc) is 2.68. The fraction of sp³-hybridized carbons (Fsp3) is 0.381. The summed E-state index contributed by atoms with van der Waals surface area (Å²) in [5, 5.41) is 0. The first kappa shape index (κ1) is 20.2. The highest BCUT2D eigenvalue weighted by atomic mass is 79.9. The smallest absolute Gasteiger partial charge is 0.232 e. The van der Waals surface area contributed by atoms with Gasteiger partial charge in [-0.1, -0.05) is 28.1 Å². The maximum absolute atomic E-state index is 12.5. The van der Waals surface area contributed by atoms with Gasteiger partial charge in [0.1, 0.15) is 0 Å². The Kier molecular flexibility index (Phi) is 7.21. The van der Waals surface area contributed by atoms with E-state index in [1.54, 1.807) is 16.7 Å². The van der Waals surface area contributed by atoms with Crippen LogP contribution in [0.5, 0.6) is 0 Å². The van der Waals surface area contributed by atoms with E-state index in [0.717, 1.165) is 41.2 Å². The van der Waals surface area contributed by atoms with E-state index in [1.165, 1.54) is 11.3 Å². The fourth-order valence-corrected chi connectivity index (χ4v) is 4.45. The number of halogens is 1. The number of thioether (sulfide) groups is 1. The maximum atomic E-state index is 12.5. The molecule has 0 unspecified atom stereocenters. The van der Waals surface area contributed by atoms with Gasteiger partial charge in [-0.2, -0.15) is 0 Å². The summed E-state index contributed by atoms with van der Waals surface area (Å²) in [4.78, 5) is 17.8. The maximum Gasteiger partial charge on any atom is 0.232 e. The first-order valence-electron chi connectivity index (χ1n) is 9.07. The molecule has 0 bridgehead atoms. The third kappa shape index (κ3) is 5.74. The van der Waals surface area contributed by atoms with Crippen molar-refractivity contribution in [2.45, 2.75) is 18.4 Å². The second-order valence-electron chi connectivity index (χ2n) is 6.71. The summed E-state index contributed by atoms with van der Waals surface area (Å²) in [6, 6.07) is 14.6. The highest BCUT2D eigenvalue weighted by Crippen LogP contribution is 2.25. The number of aryl methyl sites for hydroxylation is 1. The molecule has 0 saturated carbocycles. The minimum Gasteiger partial charge on any atom is -0.378 e. The van der Waals surface area contributed by atoms with Crippen LogP contribution in [0.1, 0.15) is 11.1 Å². The monoisotopic (exact) mass is 448 g/mol. The number of ether oxygens (including phenoxy) is 1. The van der Waals surface area contributed by atoms with Crippen molar-refractivity contribution < 1.29 is 9.53 Å². The lowest BCUT2D eigenvalue weighted by Crippen LogP contribution is -2.36. The predicted octanol–water partition coefficient (Wildman–Crippen LogP) is 4.34. The molecule has 1 aliphatic heterocycles. The zero-order valence-corrected chi connectivity index (χ0v) is 18.2. The lowest BCUT2D eigenvalue weighted by atomic mass is 10.2. The summed E-state index contributed by atoms with van der Waals surface area (Å²) >= 11 is 5.07. The van der Waals surface area contributed by atoms with Crippen molar-refractivity contribution in [3.8, 4) is 0 Å². The van der Waals surface area contributed by atoms with E-state index >= 15 is 0 Å². The Hall–Kier alpha value is -1.50. The summed E-state index contributed by atoms with van der Waals surface area (Å²) in [6.07, 6.45) is 0. The number of anilines is 1. The Morgan fingerprint density at radius 2 is 1.89 bits per heavy atom. The molecule has 1 saturated heterocycles. The van der Waals surface area contributed by atoms with Gasteiger partial charge in [0.25, 0.3) is 0 Å². The number of benzene rings is 2. The summed E-state index contributed by atoms with van der Waals surface area (Å²) in [5.74, 6) is 0.588. The van der Waals surface area contributed by atoms with Crippen LogP contribution in [0.25, 0.3) is 0 Å². The van der Waals surface area contributed by atoms with Crippen LogP contribution in [0.2, 0.25) is 0 Å². The van der Waals surface area contributed by atoms with Gasteiger partial charge in [0, 0.05) is 41.7 Å². The van der Waals surface area contributed by atoms with Crippen LogP contribution in [0.4, 0.5) is 5.69 Å². The van der Waals surface area contributed by atoms with E-state index in [9.17, 15) is 4.79 Å². The Balaban J connectivity index is 1.51. The molecule has 1 fully saturated rings. The Bertz CT molecular complexity index is 776. The van der Waals surface area contributed by atoms with Gasteiger partial charge in [-0.15, -0.1) is 11.8 Å². The third-order valence-electron chi connectivity index (χ3n) is 4.65. The van der Waals surface area contributed by atoms with Gasteiger partial charge in [-0.3, -0.25) is 4.79 Å². The number of hydrogen-bond acceptors (Lipinski definition) is 4. The van der Waals surface area contributed by atoms with Crippen molar-refractivity contribution in [2.24, 2.45) is 0 Å². The minimum atomic E-state index is 0.138. The number of rotatable bonds is 6. The molecule has 0 radical (unpaired) electrons. The van der Waals surface area contributed by atoms with E-state index in [4.69, 9.17) is 4.74 Å². The van der Waals surface area contributed by atoms with Crippen LogP contribution >= 0.6 is 27.7 Å². The van der Waals surface area contributed by atoms with Gasteiger partial charge in [0.15, 0.2) is 0 Å². The van der Waals surface area contributed by atoms with E-state index < -0.39 is 0 Å². The van der Waals surface area contributed by atoms with E-state index in [-0.39, 0.29) is 5.91 Å². The van der Waals surface area contributed by atoms with Gasteiger partial charge in [-0.05, 0) is 48.4 Å². The second kappa shape index (κ2) is 9.62. The Morgan fingerprint density at radius 3 is 2.56 bits per heavy atom. The molecule has 4 nitrogen and oxygen atoms in total. The molecule has 144 valence electrons. The Morgan fingerprint density at radius 1 is 1.19 bits per heavy atom. The third-order valence-corrected chi connectivity index (χ3v) is 6.30. The van der Waals surface area contributed by atoms with Crippen molar-refractivity contribution in [3.63, 3.8) is 0 Å². The SMILES string of the molecule is Cc1cc(Br)ccc1SCC(=O)N(C)Cc1ccc(N2CCOCC2)cc1. The van der Waals surface area contributed by atoms with Crippen LogP contribution < -0.4 is 4.90 Å².